The fourth-order valence-corrected chi connectivity index (χ4v) is 4.23. The largest absolute Gasteiger partial charge is 0.312 e. The summed E-state index contributed by atoms with van der Waals surface area (Å²) in [5.74, 6) is 1.83. The molecular formula is C14H27NS. The Morgan fingerprint density at radius 2 is 2.00 bits per heavy atom. The molecule has 0 aromatic heterocycles. The lowest BCUT2D eigenvalue weighted by Gasteiger charge is -2.43. The van der Waals surface area contributed by atoms with Crippen LogP contribution in [0, 0.1) is 11.8 Å². The van der Waals surface area contributed by atoms with Crippen molar-refractivity contribution in [2.24, 2.45) is 11.8 Å². The Kier molecular flexibility index (Phi) is 4.23. The molecule has 0 bridgehead atoms. The number of hydrogen-bond donors (Lipinski definition) is 1. The van der Waals surface area contributed by atoms with Crippen molar-refractivity contribution >= 4 is 11.8 Å². The molecule has 16 heavy (non-hydrogen) atoms. The number of rotatable bonds is 4. The van der Waals surface area contributed by atoms with Crippen LogP contribution >= 0.6 is 11.8 Å². The van der Waals surface area contributed by atoms with Crippen LogP contribution in [0.2, 0.25) is 0 Å². The average molecular weight is 241 g/mol. The predicted molar refractivity (Wildman–Crippen MR) is 74.1 cm³/mol. The molecule has 1 nitrogen and oxygen atoms in total. The van der Waals surface area contributed by atoms with Gasteiger partial charge in [0.05, 0.1) is 0 Å². The minimum Gasteiger partial charge on any atom is -0.312 e. The van der Waals surface area contributed by atoms with E-state index in [1.165, 1.54) is 45.1 Å². The zero-order valence-corrected chi connectivity index (χ0v) is 11.9. The summed E-state index contributed by atoms with van der Waals surface area (Å²) in [5.41, 5.74) is 0. The topological polar surface area (TPSA) is 12.0 Å². The highest BCUT2D eigenvalue weighted by Gasteiger charge is 2.37. The summed E-state index contributed by atoms with van der Waals surface area (Å²) in [6.45, 7) is 6.08. The van der Waals surface area contributed by atoms with Crippen molar-refractivity contribution in [3.05, 3.63) is 0 Å². The lowest BCUT2D eigenvalue weighted by atomic mass is 9.79. The van der Waals surface area contributed by atoms with Gasteiger partial charge in [0.15, 0.2) is 0 Å². The Labute approximate surface area is 105 Å². The first kappa shape index (κ1) is 12.8. The van der Waals surface area contributed by atoms with Gasteiger partial charge in [0.1, 0.15) is 0 Å². The third kappa shape index (κ3) is 2.76. The molecule has 0 heterocycles. The van der Waals surface area contributed by atoms with Gasteiger partial charge in [0.25, 0.3) is 0 Å². The molecule has 2 saturated carbocycles. The molecule has 0 aromatic rings. The maximum atomic E-state index is 3.86. The van der Waals surface area contributed by atoms with E-state index in [0.717, 1.165) is 17.9 Å². The van der Waals surface area contributed by atoms with Gasteiger partial charge in [0.2, 0.25) is 0 Å². The van der Waals surface area contributed by atoms with Gasteiger partial charge in [-0.15, -0.1) is 0 Å². The molecule has 0 saturated heterocycles. The van der Waals surface area contributed by atoms with Crippen LogP contribution in [0.25, 0.3) is 0 Å². The SMILES string of the molecule is CSC1(CNC2CCC(C)CC2C)CCC1. The maximum absolute atomic E-state index is 3.86. The normalized spacial score (nSPS) is 38.1. The Morgan fingerprint density at radius 1 is 1.25 bits per heavy atom. The Hall–Kier alpha value is 0.310. The fourth-order valence-electron chi connectivity index (χ4n) is 3.31. The van der Waals surface area contributed by atoms with E-state index in [9.17, 15) is 0 Å². The van der Waals surface area contributed by atoms with Gasteiger partial charge in [0, 0.05) is 17.3 Å². The summed E-state index contributed by atoms with van der Waals surface area (Å²) in [5, 5.41) is 3.86. The predicted octanol–water partition coefficient (Wildman–Crippen LogP) is 3.69. The molecule has 2 aliphatic rings. The summed E-state index contributed by atoms with van der Waals surface area (Å²) >= 11 is 2.09. The summed E-state index contributed by atoms with van der Waals surface area (Å²) < 4.78 is 0.600. The van der Waals surface area contributed by atoms with Crippen molar-refractivity contribution in [1.29, 1.82) is 0 Å². The summed E-state index contributed by atoms with van der Waals surface area (Å²) in [7, 11) is 0. The monoisotopic (exact) mass is 241 g/mol. The van der Waals surface area contributed by atoms with E-state index in [0.29, 0.717) is 4.75 Å². The van der Waals surface area contributed by atoms with Crippen molar-refractivity contribution in [3.8, 4) is 0 Å². The molecule has 0 amide bonds. The van der Waals surface area contributed by atoms with E-state index >= 15 is 0 Å². The fraction of sp³-hybridized carbons (Fsp3) is 1.00. The van der Waals surface area contributed by atoms with Crippen LogP contribution in [0.1, 0.15) is 52.4 Å². The molecule has 2 heteroatoms. The first-order valence-electron chi connectivity index (χ1n) is 6.94. The molecule has 2 fully saturated rings. The highest BCUT2D eigenvalue weighted by atomic mass is 32.2. The molecule has 0 aliphatic heterocycles. The van der Waals surface area contributed by atoms with Crippen LogP contribution in [0.3, 0.4) is 0 Å². The molecule has 94 valence electrons. The van der Waals surface area contributed by atoms with Gasteiger partial charge in [-0.1, -0.05) is 20.3 Å². The maximum Gasteiger partial charge on any atom is 0.0281 e. The van der Waals surface area contributed by atoms with E-state index in [4.69, 9.17) is 0 Å². The Bertz CT molecular complexity index is 219. The van der Waals surface area contributed by atoms with E-state index < -0.39 is 0 Å². The van der Waals surface area contributed by atoms with E-state index in [1.807, 2.05) is 0 Å². The van der Waals surface area contributed by atoms with Crippen molar-refractivity contribution in [2.75, 3.05) is 12.8 Å². The van der Waals surface area contributed by atoms with Crippen LogP contribution in [-0.4, -0.2) is 23.6 Å². The average Bonchev–Trinajstić information content (AvgIpc) is 2.19. The second-order valence-electron chi connectivity index (χ2n) is 6.12. The van der Waals surface area contributed by atoms with Crippen molar-refractivity contribution < 1.29 is 0 Å². The Balaban J connectivity index is 1.77. The van der Waals surface area contributed by atoms with Gasteiger partial charge < -0.3 is 5.32 Å². The van der Waals surface area contributed by atoms with Crippen LogP contribution in [0.4, 0.5) is 0 Å². The van der Waals surface area contributed by atoms with E-state index in [-0.39, 0.29) is 0 Å². The van der Waals surface area contributed by atoms with Crippen LogP contribution in [0.15, 0.2) is 0 Å². The molecule has 1 N–H and O–H groups in total. The lowest BCUT2D eigenvalue weighted by molar-refractivity contribution is 0.213. The highest BCUT2D eigenvalue weighted by Crippen LogP contribution is 2.42. The molecule has 0 radical (unpaired) electrons. The molecule has 2 aliphatic carbocycles. The molecule has 2 rings (SSSR count). The van der Waals surface area contributed by atoms with Gasteiger partial charge in [-0.25, -0.2) is 0 Å². The van der Waals surface area contributed by atoms with Crippen LogP contribution < -0.4 is 5.32 Å². The van der Waals surface area contributed by atoms with Crippen molar-refractivity contribution in [2.45, 2.75) is 63.2 Å². The van der Waals surface area contributed by atoms with Gasteiger partial charge in [-0.05, 0) is 50.2 Å². The highest BCUT2D eigenvalue weighted by molar-refractivity contribution is 8.00. The van der Waals surface area contributed by atoms with Crippen molar-refractivity contribution in [1.82, 2.24) is 5.32 Å². The first-order chi connectivity index (χ1) is 7.65. The zero-order valence-electron chi connectivity index (χ0n) is 11.1. The Morgan fingerprint density at radius 3 is 2.50 bits per heavy atom. The van der Waals surface area contributed by atoms with E-state index in [1.54, 1.807) is 0 Å². The number of hydrogen-bond acceptors (Lipinski definition) is 2. The number of thioether (sulfide) groups is 1. The quantitative estimate of drug-likeness (QED) is 0.805. The second kappa shape index (κ2) is 5.30. The third-order valence-corrected chi connectivity index (χ3v) is 6.23. The third-order valence-electron chi connectivity index (χ3n) is 4.82. The summed E-state index contributed by atoms with van der Waals surface area (Å²) in [6.07, 6.45) is 10.8. The molecule has 0 spiro atoms. The van der Waals surface area contributed by atoms with E-state index in [2.05, 4.69) is 37.2 Å². The lowest BCUT2D eigenvalue weighted by Crippen LogP contribution is -2.49. The standard InChI is InChI=1S/C14H27NS/c1-11-5-6-13(12(2)9-11)15-10-14(16-3)7-4-8-14/h11-13,15H,4-10H2,1-3H3. The van der Waals surface area contributed by atoms with Crippen LogP contribution in [0.5, 0.6) is 0 Å². The molecule has 3 atom stereocenters. The van der Waals surface area contributed by atoms with Crippen molar-refractivity contribution in [3.63, 3.8) is 0 Å². The van der Waals surface area contributed by atoms with Crippen LogP contribution in [-0.2, 0) is 0 Å². The van der Waals surface area contributed by atoms with Gasteiger partial charge >= 0.3 is 0 Å². The van der Waals surface area contributed by atoms with Gasteiger partial charge in [-0.2, -0.15) is 11.8 Å². The minimum atomic E-state index is 0.600. The first-order valence-corrected chi connectivity index (χ1v) is 8.16. The summed E-state index contributed by atoms with van der Waals surface area (Å²) in [6, 6.07) is 0.792. The molecule has 0 aromatic carbocycles. The van der Waals surface area contributed by atoms with Gasteiger partial charge in [-0.3, -0.25) is 0 Å². The second-order valence-corrected chi connectivity index (χ2v) is 7.40. The molecule has 3 unspecified atom stereocenters. The smallest absolute Gasteiger partial charge is 0.0281 e. The summed E-state index contributed by atoms with van der Waals surface area (Å²) in [4.78, 5) is 0. The number of nitrogens with one attached hydrogen (secondary N) is 1. The molecular weight excluding hydrogens is 214 g/mol. The zero-order chi connectivity index (χ0) is 11.6. The minimum absolute atomic E-state index is 0.600.